The van der Waals surface area contributed by atoms with E-state index < -0.39 is 11.4 Å². The minimum atomic E-state index is -0.776. The molecule has 0 spiro atoms. The number of carbonyl (C=O) groups is 1. The number of carboxylic acids is 1. The lowest BCUT2D eigenvalue weighted by atomic mass is 9.90. The third-order valence-corrected chi connectivity index (χ3v) is 1.23. The highest BCUT2D eigenvalue weighted by Crippen LogP contribution is 2.19. The summed E-state index contributed by atoms with van der Waals surface area (Å²) in [5, 5.41) is 8.52. The summed E-state index contributed by atoms with van der Waals surface area (Å²) in [7, 11) is 0.917. The van der Waals surface area contributed by atoms with Crippen LogP contribution >= 0.6 is 13.5 Å². The number of aliphatic carboxylic acids is 1. The molecule has 0 unspecified atom stereocenters. The van der Waals surface area contributed by atoms with E-state index in [1.165, 1.54) is 0 Å². The van der Waals surface area contributed by atoms with E-state index in [4.69, 9.17) is 5.11 Å². The van der Waals surface area contributed by atoms with Gasteiger partial charge in [0.05, 0.1) is 5.41 Å². The maximum Gasteiger partial charge on any atom is 0.309 e. The minimum absolute atomic E-state index is 0. The van der Waals surface area contributed by atoms with Crippen LogP contribution in [0.3, 0.4) is 0 Å². The van der Waals surface area contributed by atoms with E-state index in [0.29, 0.717) is 6.42 Å². The molecule has 0 fully saturated rings. The molecule has 0 aliphatic carbocycles. The highest BCUT2D eigenvalue weighted by atomic mass is 33.1. The molecule has 2 nitrogen and oxygen atoms in total. The fraction of sp³-hybridized carbons (Fsp3) is 0.571. The molecule has 0 heterocycles. The van der Waals surface area contributed by atoms with Crippen LogP contribution in [0.25, 0.3) is 0 Å². The predicted molar refractivity (Wildman–Crippen MR) is 68.7 cm³/mol. The molecule has 0 amide bonds. The molecule has 0 aliphatic heterocycles. The van der Waals surface area contributed by atoms with Gasteiger partial charge in [0.25, 0.3) is 0 Å². The zero-order valence-electron chi connectivity index (χ0n) is 7.57. The van der Waals surface area contributed by atoms with Gasteiger partial charge in [-0.05, 0) is 20.3 Å². The number of rotatable bonds is 3. The van der Waals surface area contributed by atoms with Crippen molar-refractivity contribution < 1.29 is 9.90 Å². The highest BCUT2D eigenvalue weighted by Gasteiger charge is 2.24. The van der Waals surface area contributed by atoms with Gasteiger partial charge in [0.15, 0.2) is 0 Å². The standard InChI is InChI=1S/C7H12O2.S3.H2S/c1-4-5-7(2,3)6(8)9;1-3-2;/h4H,1,5H2,2-3H3,(H,8,9);;1H2. The molecule has 6 heteroatoms. The molecule has 0 rings (SSSR count). The molecule has 0 aliphatic rings. The summed E-state index contributed by atoms with van der Waals surface area (Å²) in [5.74, 6) is -0.776. The third kappa shape index (κ3) is 12.2. The van der Waals surface area contributed by atoms with Gasteiger partial charge < -0.3 is 5.11 Å². The summed E-state index contributed by atoms with van der Waals surface area (Å²) in [6.07, 6.45) is 2.14. The lowest BCUT2D eigenvalue weighted by Crippen LogP contribution is -2.22. The van der Waals surface area contributed by atoms with E-state index in [0.717, 1.165) is 8.88 Å². The fourth-order valence-electron chi connectivity index (χ4n) is 0.448. The Balaban J connectivity index is -0.000000220. The van der Waals surface area contributed by atoms with Crippen molar-refractivity contribution in [3.05, 3.63) is 12.7 Å². The molecule has 0 aromatic rings. The Hall–Kier alpha value is 0.220. The monoisotopic (exact) mass is 258 g/mol. The van der Waals surface area contributed by atoms with Crippen LogP contribution in [0, 0.1) is 5.41 Å². The van der Waals surface area contributed by atoms with Gasteiger partial charge in [0, 0.05) is 31.3 Å². The lowest BCUT2D eigenvalue weighted by molar-refractivity contribution is -0.146. The molecule has 1 N–H and O–H groups in total. The first-order valence-corrected chi connectivity index (χ1v) is 5.85. The molecular formula is C7H14O2S4. The second-order valence-electron chi connectivity index (χ2n) is 2.75. The van der Waals surface area contributed by atoms with Crippen LogP contribution in [0.1, 0.15) is 20.3 Å². The second-order valence-corrected chi connectivity index (χ2v) is 4.52. The van der Waals surface area contributed by atoms with Crippen LogP contribution in [0.2, 0.25) is 0 Å². The lowest BCUT2D eigenvalue weighted by Gasteiger charge is -2.15. The number of hydrogen-bond acceptors (Lipinski definition) is 3. The van der Waals surface area contributed by atoms with Gasteiger partial charge in [0.2, 0.25) is 0 Å². The summed E-state index contributed by atoms with van der Waals surface area (Å²) in [6.45, 7) is 6.82. The van der Waals surface area contributed by atoms with E-state index in [2.05, 4.69) is 29.0 Å². The van der Waals surface area contributed by atoms with Crippen molar-refractivity contribution in [2.45, 2.75) is 20.3 Å². The van der Waals surface area contributed by atoms with Crippen molar-refractivity contribution in [2.24, 2.45) is 5.41 Å². The first-order valence-electron chi connectivity index (χ1n) is 3.18. The van der Waals surface area contributed by atoms with E-state index in [9.17, 15) is 4.79 Å². The number of carboxylic acid groups (broad SMARTS) is 1. The van der Waals surface area contributed by atoms with Crippen molar-refractivity contribution >= 4 is 50.7 Å². The minimum Gasteiger partial charge on any atom is -0.481 e. The van der Waals surface area contributed by atoms with E-state index in [-0.39, 0.29) is 13.5 Å². The van der Waals surface area contributed by atoms with Crippen LogP contribution in [-0.4, -0.2) is 11.1 Å². The quantitative estimate of drug-likeness (QED) is 0.783. The van der Waals surface area contributed by atoms with Gasteiger partial charge in [-0.1, -0.05) is 6.08 Å². The summed E-state index contributed by atoms with van der Waals surface area (Å²) in [4.78, 5) is 10.4. The van der Waals surface area contributed by atoms with Crippen LogP contribution < -0.4 is 0 Å². The molecule has 0 saturated carbocycles. The largest absolute Gasteiger partial charge is 0.481 e. The SMILES string of the molecule is C=CCC(C)(C)C(=O)O.S.S=S=S. The maximum atomic E-state index is 10.4. The van der Waals surface area contributed by atoms with E-state index in [1.54, 1.807) is 19.9 Å². The maximum absolute atomic E-state index is 10.4. The Morgan fingerprint density at radius 3 is 2.00 bits per heavy atom. The summed E-state index contributed by atoms with van der Waals surface area (Å²) in [5.41, 5.74) is -0.651. The molecule has 0 radical (unpaired) electrons. The van der Waals surface area contributed by atoms with Crippen molar-refractivity contribution in [3.8, 4) is 0 Å². The second kappa shape index (κ2) is 10.3. The Labute approximate surface area is 98.7 Å². The molecule has 0 aromatic carbocycles. The van der Waals surface area contributed by atoms with Crippen molar-refractivity contribution in [2.75, 3.05) is 0 Å². The Morgan fingerprint density at radius 2 is 1.92 bits per heavy atom. The zero-order valence-corrected chi connectivity index (χ0v) is 11.0. The van der Waals surface area contributed by atoms with Gasteiger partial charge in [-0.2, -0.15) is 13.5 Å². The first-order chi connectivity index (χ1) is 5.42. The van der Waals surface area contributed by atoms with Crippen LogP contribution in [0.15, 0.2) is 12.7 Å². The van der Waals surface area contributed by atoms with Crippen LogP contribution in [0.4, 0.5) is 0 Å². The molecule has 0 aromatic heterocycles. The third-order valence-electron chi connectivity index (χ3n) is 1.23. The Bertz CT molecular complexity index is 195. The number of hydrogen-bond donors (Lipinski definition) is 1. The molecule has 13 heavy (non-hydrogen) atoms. The smallest absolute Gasteiger partial charge is 0.309 e. The Kier molecular flexibility index (Phi) is 15.0. The average molecular weight is 258 g/mol. The van der Waals surface area contributed by atoms with Crippen molar-refractivity contribution in [1.82, 2.24) is 0 Å². The molecule has 0 atom stereocenters. The highest BCUT2D eigenvalue weighted by molar-refractivity contribution is 8.37. The first kappa shape index (κ1) is 18.9. The molecule has 0 saturated heterocycles. The average Bonchev–Trinajstić information content (AvgIpc) is 1.88. The summed E-state index contributed by atoms with van der Waals surface area (Å²) >= 11 is 8.25. The van der Waals surface area contributed by atoms with Gasteiger partial charge in [0.1, 0.15) is 0 Å². The number of allylic oxidation sites excluding steroid dienone is 1. The van der Waals surface area contributed by atoms with Gasteiger partial charge in [-0.3, -0.25) is 4.79 Å². The Morgan fingerprint density at radius 1 is 1.62 bits per heavy atom. The van der Waals surface area contributed by atoms with Crippen LogP contribution in [-0.2, 0) is 36.1 Å². The molecular weight excluding hydrogens is 244 g/mol. The van der Waals surface area contributed by atoms with Crippen molar-refractivity contribution in [3.63, 3.8) is 0 Å². The topological polar surface area (TPSA) is 37.3 Å². The zero-order chi connectivity index (χ0) is 10.2. The van der Waals surface area contributed by atoms with Crippen LogP contribution in [0.5, 0.6) is 0 Å². The van der Waals surface area contributed by atoms with Gasteiger partial charge >= 0.3 is 5.97 Å². The van der Waals surface area contributed by atoms with Gasteiger partial charge in [-0.15, -0.1) is 6.58 Å². The normalized spacial score (nSPS) is 8.46. The summed E-state index contributed by atoms with van der Waals surface area (Å²) in [6, 6.07) is 0. The van der Waals surface area contributed by atoms with Crippen molar-refractivity contribution in [1.29, 1.82) is 0 Å². The predicted octanol–water partition coefficient (Wildman–Crippen LogP) is 1.78. The fourth-order valence-corrected chi connectivity index (χ4v) is 0.448. The van der Waals surface area contributed by atoms with Gasteiger partial charge in [-0.25, -0.2) is 0 Å². The van der Waals surface area contributed by atoms with E-state index in [1.807, 2.05) is 0 Å². The molecule has 0 bridgehead atoms. The molecule has 78 valence electrons. The van der Waals surface area contributed by atoms with E-state index >= 15 is 0 Å². The summed E-state index contributed by atoms with van der Waals surface area (Å²) < 4.78 is 0.